The van der Waals surface area contributed by atoms with Crippen molar-refractivity contribution in [2.24, 2.45) is 11.8 Å². The minimum absolute atomic E-state index is 0.192. The Balaban J connectivity index is 1.73. The van der Waals surface area contributed by atoms with E-state index in [4.69, 9.17) is 0 Å². The molecule has 1 heterocycles. The van der Waals surface area contributed by atoms with Crippen LogP contribution in [0.3, 0.4) is 0 Å². The standard InChI is InChI=1S/C18H17NO/c20-18-16(13-11-12-13)17(14-7-3-1-4-8-14)19(18)15-9-5-2-6-10-15/h1-10,13,16-17H,11-12H2/t16-,17-/m0/s1. The molecule has 2 aliphatic rings. The Kier molecular flexibility index (Phi) is 2.62. The molecule has 1 amide bonds. The maximum Gasteiger partial charge on any atom is 0.233 e. The Morgan fingerprint density at radius 2 is 1.45 bits per heavy atom. The summed E-state index contributed by atoms with van der Waals surface area (Å²) >= 11 is 0. The first-order chi connectivity index (χ1) is 9.86. The molecule has 0 unspecified atom stereocenters. The van der Waals surface area contributed by atoms with Gasteiger partial charge in [-0.1, -0.05) is 48.5 Å². The Bertz CT molecular complexity index is 618. The van der Waals surface area contributed by atoms with Crippen molar-refractivity contribution < 1.29 is 4.79 Å². The molecule has 4 rings (SSSR count). The fourth-order valence-electron chi connectivity index (χ4n) is 3.31. The first-order valence-corrected chi connectivity index (χ1v) is 7.29. The Labute approximate surface area is 119 Å². The predicted molar refractivity (Wildman–Crippen MR) is 79.3 cm³/mol. The van der Waals surface area contributed by atoms with E-state index in [1.165, 1.54) is 18.4 Å². The molecule has 1 saturated carbocycles. The predicted octanol–water partition coefficient (Wildman–Crippen LogP) is 3.80. The van der Waals surface area contributed by atoms with Gasteiger partial charge in [-0.3, -0.25) is 4.79 Å². The van der Waals surface area contributed by atoms with Crippen LogP contribution in [-0.2, 0) is 4.79 Å². The number of amides is 1. The van der Waals surface area contributed by atoms with Crippen LogP contribution in [0, 0.1) is 11.8 Å². The molecule has 20 heavy (non-hydrogen) atoms. The van der Waals surface area contributed by atoms with Crippen LogP contribution in [0.1, 0.15) is 24.4 Å². The number of anilines is 1. The van der Waals surface area contributed by atoms with Crippen LogP contribution >= 0.6 is 0 Å². The van der Waals surface area contributed by atoms with Crippen LogP contribution in [0.4, 0.5) is 5.69 Å². The zero-order chi connectivity index (χ0) is 13.5. The molecule has 1 saturated heterocycles. The molecule has 1 aliphatic carbocycles. The summed E-state index contributed by atoms with van der Waals surface area (Å²) in [6.45, 7) is 0. The normalized spacial score (nSPS) is 25.4. The highest BCUT2D eigenvalue weighted by Crippen LogP contribution is 2.53. The molecule has 2 atom stereocenters. The monoisotopic (exact) mass is 263 g/mol. The van der Waals surface area contributed by atoms with E-state index in [2.05, 4.69) is 24.3 Å². The first-order valence-electron chi connectivity index (χ1n) is 7.29. The van der Waals surface area contributed by atoms with Crippen molar-refractivity contribution in [3.8, 4) is 0 Å². The maximum absolute atomic E-state index is 12.6. The van der Waals surface area contributed by atoms with Gasteiger partial charge >= 0.3 is 0 Å². The molecule has 2 aromatic carbocycles. The molecule has 1 aliphatic heterocycles. The highest BCUT2D eigenvalue weighted by atomic mass is 16.2. The second kappa shape index (κ2) is 4.48. The van der Waals surface area contributed by atoms with E-state index in [9.17, 15) is 4.79 Å². The maximum atomic E-state index is 12.6. The van der Waals surface area contributed by atoms with Crippen molar-refractivity contribution >= 4 is 11.6 Å². The van der Waals surface area contributed by atoms with Crippen molar-refractivity contribution in [2.75, 3.05) is 4.90 Å². The summed E-state index contributed by atoms with van der Waals surface area (Å²) in [4.78, 5) is 14.5. The van der Waals surface area contributed by atoms with E-state index in [0.29, 0.717) is 11.8 Å². The van der Waals surface area contributed by atoms with Gasteiger partial charge in [0.25, 0.3) is 0 Å². The number of carbonyl (C=O) groups is 1. The average molecular weight is 263 g/mol. The average Bonchev–Trinajstić information content (AvgIpc) is 3.31. The van der Waals surface area contributed by atoms with Crippen molar-refractivity contribution in [2.45, 2.75) is 18.9 Å². The molecular weight excluding hydrogens is 246 g/mol. The minimum Gasteiger partial charge on any atom is -0.304 e. The minimum atomic E-state index is 0.192. The number of nitrogens with zero attached hydrogens (tertiary/aromatic N) is 1. The molecule has 0 bridgehead atoms. The van der Waals surface area contributed by atoms with Gasteiger partial charge in [-0.15, -0.1) is 0 Å². The SMILES string of the molecule is O=C1[C@@H](C2CC2)[C@H](c2ccccc2)N1c1ccccc1. The quantitative estimate of drug-likeness (QED) is 0.771. The fourth-order valence-corrected chi connectivity index (χ4v) is 3.31. The molecule has 0 aromatic heterocycles. The van der Waals surface area contributed by atoms with Gasteiger partial charge in [0.2, 0.25) is 5.91 Å². The third-order valence-electron chi connectivity index (χ3n) is 4.45. The molecule has 2 nitrogen and oxygen atoms in total. The molecule has 0 N–H and O–H groups in total. The van der Waals surface area contributed by atoms with E-state index in [0.717, 1.165) is 5.69 Å². The van der Waals surface area contributed by atoms with E-state index >= 15 is 0 Å². The molecule has 2 fully saturated rings. The molecular formula is C18H17NO. The lowest BCUT2D eigenvalue weighted by atomic mass is 9.78. The van der Waals surface area contributed by atoms with Crippen LogP contribution in [0.2, 0.25) is 0 Å². The Hall–Kier alpha value is -2.09. The van der Waals surface area contributed by atoms with Crippen LogP contribution in [0.15, 0.2) is 60.7 Å². The second-order valence-corrected chi connectivity index (χ2v) is 5.76. The summed E-state index contributed by atoms with van der Waals surface area (Å²) < 4.78 is 0. The topological polar surface area (TPSA) is 20.3 Å². The molecule has 0 spiro atoms. The summed E-state index contributed by atoms with van der Waals surface area (Å²) in [5, 5.41) is 0. The van der Waals surface area contributed by atoms with Gasteiger partial charge in [0.15, 0.2) is 0 Å². The summed E-state index contributed by atoms with van der Waals surface area (Å²) in [6.07, 6.45) is 2.42. The summed E-state index contributed by atoms with van der Waals surface area (Å²) in [5.41, 5.74) is 2.27. The Morgan fingerprint density at radius 1 is 0.850 bits per heavy atom. The number of para-hydroxylation sites is 1. The van der Waals surface area contributed by atoms with Crippen molar-refractivity contribution in [3.05, 3.63) is 66.2 Å². The van der Waals surface area contributed by atoms with Crippen LogP contribution in [-0.4, -0.2) is 5.91 Å². The number of benzene rings is 2. The zero-order valence-electron chi connectivity index (χ0n) is 11.3. The van der Waals surface area contributed by atoms with Gasteiger partial charge in [-0.2, -0.15) is 0 Å². The number of β-lactam (4-membered cyclic amide) rings is 1. The summed E-state index contributed by atoms with van der Waals surface area (Å²) in [5.74, 6) is 1.10. The van der Waals surface area contributed by atoms with Crippen LogP contribution < -0.4 is 4.90 Å². The molecule has 2 aromatic rings. The smallest absolute Gasteiger partial charge is 0.233 e. The van der Waals surface area contributed by atoms with Gasteiger partial charge in [0, 0.05) is 5.69 Å². The molecule has 2 heteroatoms. The lowest BCUT2D eigenvalue weighted by Gasteiger charge is -2.48. The third-order valence-corrected chi connectivity index (χ3v) is 4.45. The van der Waals surface area contributed by atoms with Crippen molar-refractivity contribution in [3.63, 3.8) is 0 Å². The van der Waals surface area contributed by atoms with Crippen molar-refractivity contribution in [1.29, 1.82) is 0 Å². The number of hydrogen-bond acceptors (Lipinski definition) is 1. The number of carbonyl (C=O) groups excluding carboxylic acids is 1. The van der Waals surface area contributed by atoms with Gasteiger partial charge in [-0.25, -0.2) is 0 Å². The van der Waals surface area contributed by atoms with Crippen LogP contribution in [0.5, 0.6) is 0 Å². The van der Waals surface area contributed by atoms with E-state index in [1.807, 2.05) is 41.3 Å². The van der Waals surface area contributed by atoms with E-state index in [1.54, 1.807) is 0 Å². The lowest BCUT2D eigenvalue weighted by Crippen LogP contribution is -2.56. The largest absolute Gasteiger partial charge is 0.304 e. The van der Waals surface area contributed by atoms with Crippen LogP contribution in [0.25, 0.3) is 0 Å². The third kappa shape index (κ3) is 1.75. The second-order valence-electron chi connectivity index (χ2n) is 5.76. The van der Waals surface area contributed by atoms with Gasteiger partial charge in [0.05, 0.1) is 12.0 Å². The fraction of sp³-hybridized carbons (Fsp3) is 0.278. The lowest BCUT2D eigenvalue weighted by molar-refractivity contribution is -0.131. The highest BCUT2D eigenvalue weighted by Gasteiger charge is 2.54. The van der Waals surface area contributed by atoms with Gasteiger partial charge in [-0.05, 0) is 36.5 Å². The van der Waals surface area contributed by atoms with E-state index in [-0.39, 0.29) is 12.0 Å². The van der Waals surface area contributed by atoms with Crippen molar-refractivity contribution in [1.82, 2.24) is 0 Å². The summed E-state index contributed by atoms with van der Waals surface area (Å²) in [7, 11) is 0. The number of rotatable bonds is 3. The zero-order valence-corrected chi connectivity index (χ0v) is 11.3. The van der Waals surface area contributed by atoms with Gasteiger partial charge in [0.1, 0.15) is 0 Å². The molecule has 100 valence electrons. The Morgan fingerprint density at radius 3 is 2.05 bits per heavy atom. The highest BCUT2D eigenvalue weighted by molar-refractivity contribution is 6.03. The first kappa shape index (κ1) is 11.7. The van der Waals surface area contributed by atoms with Gasteiger partial charge < -0.3 is 4.90 Å². The van der Waals surface area contributed by atoms with E-state index < -0.39 is 0 Å². The molecule has 0 radical (unpaired) electrons. The summed E-state index contributed by atoms with van der Waals surface area (Å²) in [6, 6.07) is 20.7. The number of hydrogen-bond donors (Lipinski definition) is 0.